The summed E-state index contributed by atoms with van der Waals surface area (Å²) >= 11 is 1.72. The van der Waals surface area contributed by atoms with Crippen molar-refractivity contribution in [1.29, 1.82) is 0 Å². The second kappa shape index (κ2) is 9.03. The first-order valence-corrected chi connectivity index (χ1v) is 8.17. The predicted molar refractivity (Wildman–Crippen MR) is 92.4 cm³/mol. The van der Waals surface area contributed by atoms with Gasteiger partial charge in [-0.1, -0.05) is 0 Å². The van der Waals surface area contributed by atoms with E-state index in [0.717, 1.165) is 32.5 Å². The predicted octanol–water partition coefficient (Wildman–Crippen LogP) is 2.07. The number of rotatable bonds is 2. The molecule has 1 aromatic rings. The SMILES string of the molecule is C[C@H]1OCCN[C@@H]1C(=O)N1CCC(c2nccs2)CC1.Cl.Cl. The Balaban J connectivity index is 0.00000121. The van der Waals surface area contributed by atoms with E-state index >= 15 is 0 Å². The normalized spacial score (nSPS) is 26.0. The molecule has 1 amide bonds. The Hall–Kier alpha value is -0.400. The fourth-order valence-electron chi connectivity index (χ4n) is 2.99. The average Bonchev–Trinajstić information content (AvgIpc) is 3.01. The zero-order valence-corrected chi connectivity index (χ0v) is 15.0. The molecule has 2 fully saturated rings. The Morgan fingerprint density at radius 3 is 2.73 bits per heavy atom. The minimum atomic E-state index is -0.180. The quantitative estimate of drug-likeness (QED) is 0.869. The Morgan fingerprint density at radius 1 is 1.41 bits per heavy atom. The number of carbonyl (C=O) groups excluding carboxylic acids is 1. The lowest BCUT2D eigenvalue weighted by molar-refractivity contribution is -0.140. The van der Waals surface area contributed by atoms with Gasteiger partial charge in [-0.25, -0.2) is 4.98 Å². The number of nitrogens with one attached hydrogen (secondary N) is 1. The van der Waals surface area contributed by atoms with Crippen LogP contribution in [0, 0.1) is 0 Å². The number of morpholine rings is 1. The molecule has 0 unspecified atom stereocenters. The topological polar surface area (TPSA) is 54.5 Å². The molecule has 0 bridgehead atoms. The molecule has 126 valence electrons. The molecule has 2 atom stereocenters. The number of amides is 1. The number of carbonyl (C=O) groups is 1. The zero-order chi connectivity index (χ0) is 13.9. The van der Waals surface area contributed by atoms with Crippen molar-refractivity contribution in [3.05, 3.63) is 16.6 Å². The van der Waals surface area contributed by atoms with E-state index in [9.17, 15) is 4.79 Å². The summed E-state index contributed by atoms with van der Waals surface area (Å²) in [5.41, 5.74) is 0. The van der Waals surface area contributed by atoms with E-state index in [1.165, 1.54) is 5.01 Å². The highest BCUT2D eigenvalue weighted by Gasteiger charge is 2.34. The summed E-state index contributed by atoms with van der Waals surface area (Å²) in [6, 6.07) is -0.180. The number of ether oxygens (including phenoxy) is 1. The van der Waals surface area contributed by atoms with Crippen molar-refractivity contribution in [1.82, 2.24) is 15.2 Å². The third kappa shape index (κ3) is 4.32. The van der Waals surface area contributed by atoms with Gasteiger partial charge in [0.25, 0.3) is 0 Å². The molecule has 3 rings (SSSR count). The summed E-state index contributed by atoms with van der Waals surface area (Å²) in [5.74, 6) is 0.710. The van der Waals surface area contributed by atoms with Crippen LogP contribution in [0.2, 0.25) is 0 Å². The van der Waals surface area contributed by atoms with Crippen LogP contribution in [0.1, 0.15) is 30.7 Å². The number of thiazole rings is 1. The van der Waals surface area contributed by atoms with E-state index in [1.54, 1.807) is 11.3 Å². The first-order chi connectivity index (χ1) is 9.75. The molecule has 0 radical (unpaired) electrons. The van der Waals surface area contributed by atoms with Gasteiger partial charge >= 0.3 is 0 Å². The number of hydrogen-bond donors (Lipinski definition) is 1. The van der Waals surface area contributed by atoms with Crippen LogP contribution in [-0.4, -0.2) is 54.2 Å². The minimum Gasteiger partial charge on any atom is -0.375 e. The second-order valence-corrected chi connectivity index (χ2v) is 6.40. The zero-order valence-electron chi connectivity index (χ0n) is 12.6. The molecule has 2 saturated heterocycles. The molecule has 2 aliphatic rings. The first kappa shape index (κ1) is 19.6. The summed E-state index contributed by atoms with van der Waals surface area (Å²) < 4.78 is 5.56. The van der Waals surface area contributed by atoms with E-state index in [1.807, 2.05) is 23.4 Å². The average molecular weight is 368 g/mol. The molecule has 22 heavy (non-hydrogen) atoms. The number of piperidine rings is 1. The Morgan fingerprint density at radius 2 is 2.14 bits per heavy atom. The third-order valence-electron chi connectivity index (χ3n) is 4.19. The molecule has 2 aliphatic heterocycles. The molecule has 0 spiro atoms. The highest BCUT2D eigenvalue weighted by atomic mass is 35.5. The van der Waals surface area contributed by atoms with Crippen LogP contribution in [0.15, 0.2) is 11.6 Å². The van der Waals surface area contributed by atoms with Gasteiger partial charge < -0.3 is 15.0 Å². The van der Waals surface area contributed by atoms with Gasteiger partial charge in [0.15, 0.2) is 0 Å². The van der Waals surface area contributed by atoms with Crippen molar-refractivity contribution in [3.63, 3.8) is 0 Å². The Labute approximate surface area is 147 Å². The van der Waals surface area contributed by atoms with Crippen LogP contribution < -0.4 is 5.32 Å². The molecular weight excluding hydrogens is 345 g/mol. The molecule has 8 heteroatoms. The summed E-state index contributed by atoms with van der Waals surface area (Å²) in [6.45, 7) is 5.08. The maximum atomic E-state index is 12.5. The van der Waals surface area contributed by atoms with Gasteiger partial charge in [-0.05, 0) is 19.8 Å². The van der Waals surface area contributed by atoms with Gasteiger partial charge in [-0.2, -0.15) is 0 Å². The van der Waals surface area contributed by atoms with Crippen LogP contribution in [0.4, 0.5) is 0 Å². The number of nitrogens with zero attached hydrogens (tertiary/aromatic N) is 2. The monoisotopic (exact) mass is 367 g/mol. The molecule has 5 nitrogen and oxygen atoms in total. The summed E-state index contributed by atoms with van der Waals surface area (Å²) in [4.78, 5) is 18.9. The van der Waals surface area contributed by atoms with Crippen molar-refractivity contribution in [2.24, 2.45) is 0 Å². The van der Waals surface area contributed by atoms with Gasteiger partial charge in [0.05, 0.1) is 17.7 Å². The number of aromatic nitrogens is 1. The highest BCUT2D eigenvalue weighted by molar-refractivity contribution is 7.09. The van der Waals surface area contributed by atoms with E-state index in [-0.39, 0.29) is 42.9 Å². The van der Waals surface area contributed by atoms with E-state index in [2.05, 4.69) is 10.3 Å². The molecule has 0 aromatic carbocycles. The van der Waals surface area contributed by atoms with Crippen molar-refractivity contribution in [2.75, 3.05) is 26.2 Å². The Bertz CT molecular complexity index is 453. The molecular formula is C14H23Cl2N3O2S. The highest BCUT2D eigenvalue weighted by Crippen LogP contribution is 2.29. The Kier molecular flexibility index (Phi) is 8.07. The van der Waals surface area contributed by atoms with Crippen LogP contribution in [0.3, 0.4) is 0 Å². The van der Waals surface area contributed by atoms with Crippen molar-refractivity contribution in [2.45, 2.75) is 37.8 Å². The van der Waals surface area contributed by atoms with Gasteiger partial charge in [0, 0.05) is 37.1 Å². The maximum Gasteiger partial charge on any atom is 0.242 e. The first-order valence-electron chi connectivity index (χ1n) is 7.29. The fourth-order valence-corrected chi connectivity index (χ4v) is 3.80. The molecule has 3 heterocycles. The van der Waals surface area contributed by atoms with E-state index in [0.29, 0.717) is 12.5 Å². The van der Waals surface area contributed by atoms with Crippen molar-refractivity contribution in [3.8, 4) is 0 Å². The second-order valence-electron chi connectivity index (χ2n) is 5.48. The number of hydrogen-bond acceptors (Lipinski definition) is 5. The van der Waals surface area contributed by atoms with Crippen LogP contribution in [0.5, 0.6) is 0 Å². The number of halogens is 2. The van der Waals surface area contributed by atoms with Gasteiger partial charge in [0.1, 0.15) is 6.04 Å². The molecule has 1 N–H and O–H groups in total. The van der Waals surface area contributed by atoms with Crippen LogP contribution >= 0.6 is 36.2 Å². The van der Waals surface area contributed by atoms with Crippen molar-refractivity contribution >= 4 is 42.1 Å². The molecule has 1 aromatic heterocycles. The molecule has 0 saturated carbocycles. The summed E-state index contributed by atoms with van der Waals surface area (Å²) in [5, 5.41) is 6.52. The fraction of sp³-hybridized carbons (Fsp3) is 0.714. The van der Waals surface area contributed by atoms with Crippen LogP contribution in [0.25, 0.3) is 0 Å². The van der Waals surface area contributed by atoms with E-state index < -0.39 is 0 Å². The third-order valence-corrected chi connectivity index (χ3v) is 5.13. The van der Waals surface area contributed by atoms with E-state index in [4.69, 9.17) is 4.74 Å². The smallest absolute Gasteiger partial charge is 0.242 e. The van der Waals surface area contributed by atoms with Gasteiger partial charge in [-0.15, -0.1) is 36.2 Å². The maximum absolute atomic E-state index is 12.5. The number of likely N-dealkylation sites (tertiary alicyclic amines) is 1. The largest absolute Gasteiger partial charge is 0.375 e. The lowest BCUT2D eigenvalue weighted by Crippen LogP contribution is -2.57. The van der Waals surface area contributed by atoms with Gasteiger partial charge in [0.2, 0.25) is 5.91 Å². The lowest BCUT2D eigenvalue weighted by Gasteiger charge is -2.37. The van der Waals surface area contributed by atoms with Gasteiger partial charge in [-0.3, -0.25) is 4.79 Å². The molecule has 0 aliphatic carbocycles. The standard InChI is InChI=1S/C14H21N3O2S.2ClH/c1-10-12(15-4-8-19-10)14(18)17-6-2-11(3-7-17)13-16-5-9-20-13;;/h5,9-12,15H,2-4,6-8H2,1H3;2*1H/t10-,12+;;/m1../s1. The minimum absolute atomic E-state index is 0. The summed E-state index contributed by atoms with van der Waals surface area (Å²) in [6.07, 6.45) is 3.86. The summed E-state index contributed by atoms with van der Waals surface area (Å²) in [7, 11) is 0. The van der Waals surface area contributed by atoms with Crippen LogP contribution in [-0.2, 0) is 9.53 Å². The van der Waals surface area contributed by atoms with Crippen molar-refractivity contribution < 1.29 is 9.53 Å². The lowest BCUT2D eigenvalue weighted by atomic mass is 9.96.